The van der Waals surface area contributed by atoms with Crippen molar-refractivity contribution in [1.82, 2.24) is 4.90 Å². The first-order valence-corrected chi connectivity index (χ1v) is 9.20. The monoisotopic (exact) mass is 393 g/mol. The minimum absolute atomic E-state index is 0.0960. The quantitative estimate of drug-likeness (QED) is 0.480. The van der Waals surface area contributed by atoms with E-state index in [0.717, 1.165) is 10.9 Å². The summed E-state index contributed by atoms with van der Waals surface area (Å²) >= 11 is 0. The molecular weight excluding hydrogens is 370 g/mol. The summed E-state index contributed by atoms with van der Waals surface area (Å²) in [5.74, 6) is 0.0253. The Kier molecular flexibility index (Phi) is 6.09. The van der Waals surface area contributed by atoms with Crippen LogP contribution in [0.1, 0.15) is 12.5 Å². The number of nitrogens with zero attached hydrogens (tertiary/aromatic N) is 2. The van der Waals surface area contributed by atoms with E-state index in [1.54, 1.807) is 0 Å². The average molecular weight is 393 g/mol. The van der Waals surface area contributed by atoms with Crippen LogP contribution >= 0.6 is 0 Å². The van der Waals surface area contributed by atoms with Gasteiger partial charge in [0.05, 0.1) is 29.8 Å². The molecule has 0 heterocycles. The van der Waals surface area contributed by atoms with Crippen LogP contribution < -0.4 is 10.1 Å². The summed E-state index contributed by atoms with van der Waals surface area (Å²) in [5, 5.41) is 16.0. The molecule has 0 fully saturated rings. The molecule has 7 heteroatoms. The second-order valence-electron chi connectivity index (χ2n) is 6.90. The molecule has 0 aromatic heterocycles. The number of methoxy groups -OCH3 is 1. The van der Waals surface area contributed by atoms with E-state index in [2.05, 4.69) is 35.6 Å². The van der Waals surface area contributed by atoms with Gasteiger partial charge in [0.1, 0.15) is 5.75 Å². The third-order valence-corrected chi connectivity index (χ3v) is 4.94. The normalized spacial score (nSPS) is 12.0. The molecule has 0 aliphatic heterocycles. The number of nitrogens with one attached hydrogen (secondary N) is 1. The number of hydrogen-bond donors (Lipinski definition) is 1. The van der Waals surface area contributed by atoms with Crippen LogP contribution in [0.3, 0.4) is 0 Å². The minimum atomic E-state index is -0.506. The van der Waals surface area contributed by atoms with Crippen molar-refractivity contribution in [2.24, 2.45) is 0 Å². The number of anilines is 1. The number of non-ortho nitro benzene ring substituents is 1. The molecule has 1 N–H and O–H groups in total. The van der Waals surface area contributed by atoms with E-state index in [0.29, 0.717) is 12.2 Å². The lowest BCUT2D eigenvalue weighted by Gasteiger charge is -2.24. The van der Waals surface area contributed by atoms with Gasteiger partial charge in [-0.15, -0.1) is 0 Å². The van der Waals surface area contributed by atoms with Gasteiger partial charge in [0.15, 0.2) is 0 Å². The number of fused-ring (bicyclic) bond motifs is 1. The Bertz CT molecular complexity index is 1050. The number of rotatable bonds is 7. The van der Waals surface area contributed by atoms with Crippen LogP contribution in [0.2, 0.25) is 0 Å². The number of carbonyl (C=O) groups excluding carboxylic acids is 1. The van der Waals surface area contributed by atoms with E-state index in [-0.39, 0.29) is 17.3 Å². The Hall–Kier alpha value is -3.45. The molecule has 0 saturated heterocycles. The molecule has 0 aliphatic rings. The number of ether oxygens (including phenoxy) is 1. The summed E-state index contributed by atoms with van der Waals surface area (Å²) < 4.78 is 5.18. The second-order valence-corrected chi connectivity index (χ2v) is 6.90. The largest absolute Gasteiger partial charge is 0.494 e. The maximum Gasteiger partial charge on any atom is 0.273 e. The summed E-state index contributed by atoms with van der Waals surface area (Å²) in [6.45, 7) is 2.42. The lowest BCUT2D eigenvalue weighted by Crippen LogP contribution is -2.39. The Morgan fingerprint density at radius 2 is 1.86 bits per heavy atom. The molecule has 3 rings (SSSR count). The number of hydrogen-bond acceptors (Lipinski definition) is 5. The van der Waals surface area contributed by atoms with Crippen molar-refractivity contribution in [3.8, 4) is 5.75 Å². The highest BCUT2D eigenvalue weighted by atomic mass is 16.6. The Balaban J connectivity index is 1.69. The molecule has 0 aliphatic carbocycles. The van der Waals surface area contributed by atoms with Gasteiger partial charge < -0.3 is 10.1 Å². The van der Waals surface area contributed by atoms with Gasteiger partial charge in [-0.05, 0) is 42.4 Å². The summed E-state index contributed by atoms with van der Waals surface area (Å²) in [7, 11) is 3.29. The van der Waals surface area contributed by atoms with Crippen molar-refractivity contribution in [3.05, 3.63) is 76.3 Å². The number of amides is 1. The van der Waals surface area contributed by atoms with Crippen LogP contribution in [0, 0.1) is 10.1 Å². The number of nitro benzene ring substituents is 1. The maximum absolute atomic E-state index is 12.7. The van der Waals surface area contributed by atoms with Crippen molar-refractivity contribution in [2.75, 3.05) is 19.5 Å². The highest BCUT2D eigenvalue weighted by Crippen LogP contribution is 2.29. The standard InChI is InChI=1S/C22H23N3O4/c1-15(22(26)23-20-11-10-19(25(27)28)13-21(20)29-3)24(2)14-16-8-9-17-6-4-5-7-18(17)12-16/h4-13,15H,14H2,1-3H3,(H,23,26)/t15-/m0/s1. The lowest BCUT2D eigenvalue weighted by atomic mass is 10.1. The van der Waals surface area contributed by atoms with Crippen LogP contribution in [-0.2, 0) is 11.3 Å². The molecule has 3 aromatic carbocycles. The van der Waals surface area contributed by atoms with Crippen molar-refractivity contribution < 1.29 is 14.5 Å². The van der Waals surface area contributed by atoms with Crippen LogP contribution in [0.5, 0.6) is 5.75 Å². The predicted molar refractivity (Wildman–Crippen MR) is 113 cm³/mol. The van der Waals surface area contributed by atoms with E-state index < -0.39 is 11.0 Å². The zero-order chi connectivity index (χ0) is 21.0. The zero-order valence-electron chi connectivity index (χ0n) is 16.6. The van der Waals surface area contributed by atoms with E-state index in [9.17, 15) is 14.9 Å². The first-order chi connectivity index (χ1) is 13.9. The number of likely N-dealkylation sites (N-methyl/N-ethyl adjacent to an activating group) is 1. The molecule has 0 saturated carbocycles. The average Bonchev–Trinajstić information content (AvgIpc) is 2.73. The smallest absolute Gasteiger partial charge is 0.273 e. The molecule has 150 valence electrons. The van der Waals surface area contributed by atoms with Gasteiger partial charge in [-0.1, -0.05) is 36.4 Å². The van der Waals surface area contributed by atoms with Crippen LogP contribution in [0.4, 0.5) is 11.4 Å². The molecule has 0 bridgehead atoms. The Labute approximate surface area is 169 Å². The first-order valence-electron chi connectivity index (χ1n) is 9.20. The molecule has 1 amide bonds. The second kappa shape index (κ2) is 8.70. The van der Waals surface area contributed by atoms with Crippen LogP contribution in [-0.4, -0.2) is 35.9 Å². The highest BCUT2D eigenvalue weighted by Gasteiger charge is 2.20. The lowest BCUT2D eigenvalue weighted by molar-refractivity contribution is -0.384. The van der Waals surface area contributed by atoms with Crippen molar-refractivity contribution in [3.63, 3.8) is 0 Å². The molecule has 1 atom stereocenters. The van der Waals surface area contributed by atoms with Gasteiger partial charge in [-0.25, -0.2) is 0 Å². The van der Waals surface area contributed by atoms with Crippen LogP contribution in [0.15, 0.2) is 60.7 Å². The fourth-order valence-corrected chi connectivity index (χ4v) is 3.10. The fourth-order valence-electron chi connectivity index (χ4n) is 3.10. The number of nitro groups is 1. The van der Waals surface area contributed by atoms with Gasteiger partial charge in [-0.3, -0.25) is 19.8 Å². The molecule has 7 nitrogen and oxygen atoms in total. The van der Waals surface area contributed by atoms with Gasteiger partial charge in [0.2, 0.25) is 5.91 Å². The minimum Gasteiger partial charge on any atom is -0.494 e. The van der Waals surface area contributed by atoms with Gasteiger partial charge in [0.25, 0.3) is 5.69 Å². The third-order valence-electron chi connectivity index (χ3n) is 4.94. The summed E-state index contributed by atoms with van der Waals surface area (Å²) in [6, 6.07) is 18.1. The molecule has 0 spiro atoms. The highest BCUT2D eigenvalue weighted by molar-refractivity contribution is 5.96. The number of carbonyl (C=O) groups is 1. The molecular formula is C22H23N3O4. The predicted octanol–water partition coefficient (Wildman–Crippen LogP) is 4.22. The zero-order valence-corrected chi connectivity index (χ0v) is 16.6. The Morgan fingerprint density at radius 1 is 1.14 bits per heavy atom. The SMILES string of the molecule is COc1cc([N+](=O)[O-])ccc1NC(=O)[C@H](C)N(C)Cc1ccc2ccccc2c1. The van der Waals surface area contributed by atoms with E-state index in [4.69, 9.17) is 4.74 Å². The Morgan fingerprint density at radius 3 is 2.55 bits per heavy atom. The van der Waals surface area contributed by atoms with Gasteiger partial charge in [0, 0.05) is 12.6 Å². The third kappa shape index (κ3) is 4.70. The first kappa shape index (κ1) is 20.3. The van der Waals surface area contributed by atoms with Crippen molar-refractivity contribution in [2.45, 2.75) is 19.5 Å². The summed E-state index contributed by atoms with van der Waals surface area (Å²) in [6.07, 6.45) is 0. The summed E-state index contributed by atoms with van der Waals surface area (Å²) in [5.41, 5.74) is 1.41. The topological polar surface area (TPSA) is 84.7 Å². The van der Waals surface area contributed by atoms with E-state index >= 15 is 0 Å². The van der Waals surface area contributed by atoms with E-state index in [1.165, 1.54) is 30.7 Å². The molecule has 0 unspecified atom stereocenters. The maximum atomic E-state index is 12.7. The molecule has 0 radical (unpaired) electrons. The van der Waals surface area contributed by atoms with E-state index in [1.807, 2.05) is 31.0 Å². The van der Waals surface area contributed by atoms with Crippen molar-refractivity contribution >= 4 is 28.1 Å². The van der Waals surface area contributed by atoms with Crippen LogP contribution in [0.25, 0.3) is 10.8 Å². The number of benzene rings is 3. The summed E-state index contributed by atoms with van der Waals surface area (Å²) in [4.78, 5) is 25.0. The molecule has 29 heavy (non-hydrogen) atoms. The van der Waals surface area contributed by atoms with Gasteiger partial charge >= 0.3 is 0 Å². The fraction of sp³-hybridized carbons (Fsp3) is 0.227. The van der Waals surface area contributed by atoms with Crippen molar-refractivity contribution in [1.29, 1.82) is 0 Å². The van der Waals surface area contributed by atoms with Gasteiger partial charge in [-0.2, -0.15) is 0 Å². The molecule has 3 aromatic rings.